The number of rotatable bonds is 6. The fraction of sp³-hybridized carbons (Fsp3) is 0.304. The predicted molar refractivity (Wildman–Crippen MR) is 121 cm³/mol. The first-order valence-corrected chi connectivity index (χ1v) is 11.0. The summed E-state index contributed by atoms with van der Waals surface area (Å²) < 4.78 is 40.0. The van der Waals surface area contributed by atoms with E-state index in [0.717, 1.165) is 11.1 Å². The molecule has 2 fully saturated rings. The lowest BCUT2D eigenvalue weighted by Crippen LogP contribution is -2.51. The van der Waals surface area contributed by atoms with Crippen molar-refractivity contribution in [3.05, 3.63) is 59.0 Å². The summed E-state index contributed by atoms with van der Waals surface area (Å²) in [5, 5.41) is 28.5. The predicted octanol–water partition coefficient (Wildman–Crippen LogP) is 2.79. The zero-order valence-electron chi connectivity index (χ0n) is 18.6. The Morgan fingerprint density at radius 1 is 1.28 bits per heavy atom. The lowest BCUT2D eigenvalue weighted by atomic mass is 9.98. The van der Waals surface area contributed by atoms with Gasteiger partial charge in [0.25, 0.3) is 0 Å². The van der Waals surface area contributed by atoms with Crippen molar-refractivity contribution < 1.29 is 22.8 Å². The molecule has 2 aromatic heterocycles. The minimum atomic E-state index is -4.46. The second-order valence-corrected chi connectivity index (χ2v) is 8.68. The van der Waals surface area contributed by atoms with E-state index in [1.54, 1.807) is 41.2 Å². The highest BCUT2D eigenvalue weighted by atomic mass is 19.4. The molecule has 4 N–H and O–H groups in total. The SMILES string of the molecule is N#CC(=N)c1ccc([C@H]2C[C@@H]2c2cc(C3CNC(=O)NC3=O)nn3ccnc23)cc1NCC(F)(F)F. The average Bonchev–Trinajstić information content (AvgIpc) is 3.49. The van der Waals surface area contributed by atoms with Gasteiger partial charge in [0.05, 0.1) is 11.6 Å². The number of nitriles is 1. The van der Waals surface area contributed by atoms with Crippen molar-refractivity contribution in [1.82, 2.24) is 25.2 Å². The molecule has 3 atom stereocenters. The maximum atomic E-state index is 12.8. The zero-order valence-corrected chi connectivity index (χ0v) is 18.6. The van der Waals surface area contributed by atoms with Gasteiger partial charge in [-0.2, -0.15) is 23.5 Å². The second kappa shape index (κ2) is 8.63. The molecular formula is C23H19F3N8O2. The Morgan fingerprint density at radius 2 is 2.08 bits per heavy atom. The van der Waals surface area contributed by atoms with E-state index in [1.807, 2.05) is 0 Å². The van der Waals surface area contributed by atoms with Crippen LogP contribution in [0.1, 0.15) is 46.6 Å². The topological polar surface area (TPSA) is 148 Å². The Morgan fingerprint density at radius 3 is 2.81 bits per heavy atom. The Labute approximate surface area is 202 Å². The summed E-state index contributed by atoms with van der Waals surface area (Å²) in [5.41, 5.74) is 2.37. The number of nitrogens with one attached hydrogen (secondary N) is 4. The standard InChI is InChI=1S/C23H19F3N8O2/c24-23(25,26)10-31-18-5-11(1-2-12(18)17(28)8-27)13-6-14(13)15-7-19(33-34-4-3-29-20(15)34)16-9-30-22(36)32-21(16)35/h1-5,7,13-14,16,28,31H,6,9-10H2,(H2,30,32,35,36)/t13-,14+,16?/m1/s1. The molecule has 0 bridgehead atoms. The number of carbonyl (C=O) groups is 2. The Hall–Kier alpha value is -4.47. The van der Waals surface area contributed by atoms with Crippen molar-refractivity contribution in [3.63, 3.8) is 0 Å². The highest BCUT2D eigenvalue weighted by Gasteiger charge is 2.42. The van der Waals surface area contributed by atoms with Gasteiger partial charge in [0, 0.05) is 35.8 Å². The molecule has 36 heavy (non-hydrogen) atoms. The molecule has 1 aromatic carbocycles. The van der Waals surface area contributed by atoms with Crippen molar-refractivity contribution in [2.24, 2.45) is 0 Å². The van der Waals surface area contributed by atoms with E-state index in [1.165, 1.54) is 6.07 Å². The van der Waals surface area contributed by atoms with Crippen LogP contribution in [-0.4, -0.2) is 51.5 Å². The molecule has 2 aliphatic rings. The first-order valence-electron chi connectivity index (χ1n) is 11.0. The van der Waals surface area contributed by atoms with Crippen LogP contribution in [0.25, 0.3) is 5.65 Å². The minimum Gasteiger partial charge on any atom is -0.376 e. The van der Waals surface area contributed by atoms with Crippen LogP contribution in [0.5, 0.6) is 0 Å². The van der Waals surface area contributed by atoms with Crippen molar-refractivity contribution >= 4 is 29.0 Å². The summed E-state index contributed by atoms with van der Waals surface area (Å²) in [5.74, 6) is -1.22. The number of halogens is 3. The number of nitrogens with zero attached hydrogens (tertiary/aromatic N) is 4. The molecule has 5 rings (SSSR count). The second-order valence-electron chi connectivity index (χ2n) is 8.68. The molecule has 10 nitrogen and oxygen atoms in total. The smallest absolute Gasteiger partial charge is 0.376 e. The van der Waals surface area contributed by atoms with E-state index in [0.29, 0.717) is 17.8 Å². The maximum Gasteiger partial charge on any atom is 0.405 e. The maximum absolute atomic E-state index is 12.8. The van der Waals surface area contributed by atoms with Crippen molar-refractivity contribution in [3.8, 4) is 6.07 Å². The van der Waals surface area contributed by atoms with E-state index in [-0.39, 0.29) is 29.6 Å². The van der Waals surface area contributed by atoms with Crippen LogP contribution in [0, 0.1) is 16.7 Å². The van der Waals surface area contributed by atoms with Gasteiger partial charge < -0.3 is 10.6 Å². The molecule has 0 spiro atoms. The summed E-state index contributed by atoms with van der Waals surface area (Å²) in [6, 6.07) is 7.62. The van der Waals surface area contributed by atoms with Crippen LogP contribution in [0.4, 0.5) is 23.7 Å². The highest BCUT2D eigenvalue weighted by molar-refractivity contribution is 6.13. The summed E-state index contributed by atoms with van der Waals surface area (Å²) in [6.07, 6.45) is -0.542. The quantitative estimate of drug-likeness (QED) is 0.386. The summed E-state index contributed by atoms with van der Waals surface area (Å²) >= 11 is 0. The lowest BCUT2D eigenvalue weighted by molar-refractivity contribution is -0.122. The molecule has 3 amide bonds. The van der Waals surface area contributed by atoms with E-state index < -0.39 is 36.3 Å². The fourth-order valence-electron chi connectivity index (χ4n) is 4.49. The summed E-state index contributed by atoms with van der Waals surface area (Å²) in [7, 11) is 0. The van der Waals surface area contributed by atoms with E-state index in [2.05, 4.69) is 26.0 Å². The molecule has 1 aliphatic heterocycles. The van der Waals surface area contributed by atoms with E-state index >= 15 is 0 Å². The first kappa shape index (κ1) is 23.3. The first-order chi connectivity index (χ1) is 17.1. The Balaban J connectivity index is 1.46. The van der Waals surface area contributed by atoms with Crippen molar-refractivity contribution in [2.45, 2.75) is 30.4 Å². The van der Waals surface area contributed by atoms with Crippen molar-refractivity contribution in [1.29, 1.82) is 10.7 Å². The minimum absolute atomic E-state index is 0.0328. The van der Waals surface area contributed by atoms with Gasteiger partial charge in [-0.1, -0.05) is 6.07 Å². The number of aromatic nitrogens is 3. The highest BCUT2D eigenvalue weighted by Crippen LogP contribution is 2.56. The number of benzene rings is 1. The normalized spacial score (nSPS) is 21.4. The number of hydrogen-bond acceptors (Lipinski definition) is 7. The molecule has 13 heteroatoms. The van der Waals surface area contributed by atoms with E-state index in [9.17, 15) is 22.8 Å². The number of imide groups is 1. The number of anilines is 1. The fourth-order valence-corrected chi connectivity index (χ4v) is 4.49. The molecule has 3 aromatic rings. The van der Waals surface area contributed by atoms with Gasteiger partial charge in [-0.3, -0.25) is 15.5 Å². The molecule has 3 heterocycles. The number of hydrogen-bond donors (Lipinski definition) is 4. The summed E-state index contributed by atoms with van der Waals surface area (Å²) in [4.78, 5) is 28.2. The molecular weight excluding hydrogens is 477 g/mol. The van der Waals surface area contributed by atoms with Crippen LogP contribution >= 0.6 is 0 Å². The molecule has 184 valence electrons. The van der Waals surface area contributed by atoms with Crippen LogP contribution in [0.3, 0.4) is 0 Å². The van der Waals surface area contributed by atoms with Gasteiger partial charge in [0.2, 0.25) is 5.91 Å². The van der Waals surface area contributed by atoms with Gasteiger partial charge >= 0.3 is 12.2 Å². The van der Waals surface area contributed by atoms with Crippen molar-refractivity contribution in [2.75, 3.05) is 18.4 Å². The number of urea groups is 1. The van der Waals surface area contributed by atoms with Gasteiger partial charge in [0.1, 0.15) is 18.3 Å². The third kappa shape index (κ3) is 4.45. The number of carbonyl (C=O) groups excluding carboxylic acids is 2. The van der Waals surface area contributed by atoms with Gasteiger partial charge in [0.15, 0.2) is 5.65 Å². The van der Waals surface area contributed by atoms with Crippen LogP contribution < -0.4 is 16.0 Å². The average molecular weight is 496 g/mol. The number of imidazole rings is 1. The molecule has 1 saturated carbocycles. The third-order valence-corrected chi connectivity index (χ3v) is 6.31. The Kier molecular flexibility index (Phi) is 5.58. The van der Waals surface area contributed by atoms with Gasteiger partial charge in [-0.15, -0.1) is 0 Å². The van der Waals surface area contributed by atoms with Crippen LogP contribution in [-0.2, 0) is 4.79 Å². The molecule has 1 unspecified atom stereocenters. The van der Waals surface area contributed by atoms with Gasteiger partial charge in [-0.25, -0.2) is 14.3 Å². The lowest BCUT2D eigenvalue weighted by Gasteiger charge is -2.22. The van der Waals surface area contributed by atoms with Crippen LogP contribution in [0.15, 0.2) is 36.7 Å². The zero-order chi connectivity index (χ0) is 25.6. The Bertz CT molecular complexity index is 1440. The van der Waals surface area contributed by atoms with Gasteiger partial charge in [-0.05, 0) is 42.0 Å². The largest absolute Gasteiger partial charge is 0.405 e. The monoisotopic (exact) mass is 496 g/mol. The molecule has 0 radical (unpaired) electrons. The molecule has 1 aliphatic carbocycles. The van der Waals surface area contributed by atoms with E-state index in [4.69, 9.17) is 10.7 Å². The number of amides is 3. The summed E-state index contributed by atoms with van der Waals surface area (Å²) in [6.45, 7) is -1.19. The number of fused-ring (bicyclic) bond motifs is 1. The third-order valence-electron chi connectivity index (χ3n) is 6.31. The van der Waals surface area contributed by atoms with Crippen LogP contribution in [0.2, 0.25) is 0 Å². The molecule has 1 saturated heterocycles. The number of alkyl halides is 3.